The van der Waals surface area contributed by atoms with Gasteiger partial charge in [0.1, 0.15) is 11.6 Å². The van der Waals surface area contributed by atoms with E-state index in [9.17, 15) is 10.1 Å². The molecule has 2 rings (SSSR count). The molecule has 1 unspecified atom stereocenters. The highest BCUT2D eigenvalue weighted by Crippen LogP contribution is 2.26. The van der Waals surface area contributed by atoms with Crippen molar-refractivity contribution in [3.63, 3.8) is 0 Å². The van der Waals surface area contributed by atoms with Crippen molar-refractivity contribution in [3.8, 4) is 6.07 Å². The number of rotatable bonds is 4. The van der Waals surface area contributed by atoms with E-state index < -0.39 is 4.92 Å². The molecule has 0 radical (unpaired) electrons. The smallest absolute Gasteiger partial charge is 0.287 e. The van der Waals surface area contributed by atoms with E-state index in [1.54, 1.807) is 12.1 Å². The lowest BCUT2D eigenvalue weighted by Gasteiger charge is -2.29. The van der Waals surface area contributed by atoms with E-state index in [-0.39, 0.29) is 11.3 Å². The van der Waals surface area contributed by atoms with Crippen LogP contribution in [-0.4, -0.2) is 30.6 Å². The van der Waals surface area contributed by atoms with Crippen LogP contribution in [0.5, 0.6) is 0 Å². The Morgan fingerprint density at radius 3 is 2.95 bits per heavy atom. The summed E-state index contributed by atoms with van der Waals surface area (Å²) in [5.41, 5.74) is 0.858. The molecule has 100 valence electrons. The lowest BCUT2D eigenvalue weighted by atomic mass is 10.1. The molecule has 1 N–H and O–H groups in total. The maximum Gasteiger partial charge on any atom is 0.287 e. The number of hydrogen-bond donors (Lipinski definition) is 1. The molecule has 0 aromatic heterocycles. The quantitative estimate of drug-likeness (QED) is 0.657. The number of anilines is 1. The van der Waals surface area contributed by atoms with Crippen molar-refractivity contribution in [2.45, 2.75) is 19.4 Å². The zero-order chi connectivity index (χ0) is 13.8. The van der Waals surface area contributed by atoms with Crippen molar-refractivity contribution in [1.82, 2.24) is 5.32 Å². The number of hydrogen-bond acceptors (Lipinski definition) is 5. The Hall–Kier alpha value is -2.13. The highest BCUT2D eigenvalue weighted by Gasteiger charge is 2.23. The van der Waals surface area contributed by atoms with Gasteiger partial charge in [-0.05, 0) is 32.0 Å². The molecule has 0 spiro atoms. The molecule has 6 nitrogen and oxygen atoms in total. The summed E-state index contributed by atoms with van der Waals surface area (Å²) < 4.78 is 0. The van der Waals surface area contributed by atoms with Crippen molar-refractivity contribution in [2.24, 2.45) is 0 Å². The van der Waals surface area contributed by atoms with Crippen LogP contribution in [0.2, 0.25) is 0 Å². The Bertz CT molecular complexity index is 518. The first-order chi connectivity index (χ1) is 9.17. The molecule has 1 fully saturated rings. The van der Waals surface area contributed by atoms with E-state index in [4.69, 9.17) is 5.26 Å². The van der Waals surface area contributed by atoms with Crippen molar-refractivity contribution in [1.29, 1.82) is 5.26 Å². The number of benzene rings is 1. The van der Waals surface area contributed by atoms with Crippen LogP contribution in [0.3, 0.4) is 0 Å². The van der Waals surface area contributed by atoms with Crippen LogP contribution >= 0.6 is 0 Å². The molecule has 0 aliphatic carbocycles. The molecule has 1 aromatic carbocycles. The second-order valence-corrected chi connectivity index (χ2v) is 4.50. The third-order valence-corrected chi connectivity index (χ3v) is 3.44. The lowest BCUT2D eigenvalue weighted by Crippen LogP contribution is -2.36. The zero-order valence-electron chi connectivity index (χ0n) is 10.8. The normalized spacial score (nSPS) is 18.0. The van der Waals surface area contributed by atoms with Crippen molar-refractivity contribution < 1.29 is 4.92 Å². The molecule has 0 saturated carbocycles. The average Bonchev–Trinajstić information content (AvgIpc) is 2.93. The topological polar surface area (TPSA) is 82.2 Å². The van der Waals surface area contributed by atoms with Gasteiger partial charge >= 0.3 is 0 Å². The second kappa shape index (κ2) is 5.67. The molecule has 19 heavy (non-hydrogen) atoms. The third-order valence-electron chi connectivity index (χ3n) is 3.44. The highest BCUT2D eigenvalue weighted by atomic mass is 16.6. The largest absolute Gasteiger partial charge is 0.367 e. The van der Waals surface area contributed by atoms with Crippen LogP contribution in [0, 0.1) is 21.4 Å². The molecule has 1 aromatic rings. The maximum atomic E-state index is 10.8. The molecule has 1 aliphatic heterocycles. The first-order valence-corrected chi connectivity index (χ1v) is 6.33. The summed E-state index contributed by atoms with van der Waals surface area (Å²) in [5.74, 6) is 0. The predicted octanol–water partition coefficient (Wildman–Crippen LogP) is 1.65. The maximum absolute atomic E-state index is 10.8. The summed E-state index contributed by atoms with van der Waals surface area (Å²) in [6, 6.07) is 7.04. The van der Waals surface area contributed by atoms with Crippen LogP contribution in [-0.2, 0) is 0 Å². The van der Waals surface area contributed by atoms with E-state index in [0.29, 0.717) is 6.04 Å². The summed E-state index contributed by atoms with van der Waals surface area (Å²) >= 11 is 0. The van der Waals surface area contributed by atoms with Crippen LogP contribution in [0.4, 0.5) is 11.4 Å². The van der Waals surface area contributed by atoms with Gasteiger partial charge in [0.15, 0.2) is 0 Å². The Labute approximate surface area is 111 Å². The minimum Gasteiger partial charge on any atom is -0.367 e. The van der Waals surface area contributed by atoms with E-state index >= 15 is 0 Å². The van der Waals surface area contributed by atoms with Gasteiger partial charge in [-0.3, -0.25) is 10.1 Å². The van der Waals surface area contributed by atoms with Gasteiger partial charge in [0, 0.05) is 30.9 Å². The summed E-state index contributed by atoms with van der Waals surface area (Å²) in [5, 5.41) is 23.1. The Morgan fingerprint density at radius 1 is 1.63 bits per heavy atom. The van der Waals surface area contributed by atoms with Crippen LogP contribution < -0.4 is 10.2 Å². The van der Waals surface area contributed by atoms with Crippen LogP contribution in [0.25, 0.3) is 0 Å². The summed E-state index contributed by atoms with van der Waals surface area (Å²) in [6.45, 7) is 4.76. The molecule has 1 aliphatic rings. The molecular formula is C13H16N4O2. The van der Waals surface area contributed by atoms with Gasteiger partial charge in [0.05, 0.1) is 4.92 Å². The number of nitrogens with zero attached hydrogens (tertiary/aromatic N) is 3. The molecule has 1 saturated heterocycles. The highest BCUT2D eigenvalue weighted by molar-refractivity contribution is 5.60. The van der Waals surface area contributed by atoms with Gasteiger partial charge in [-0.25, -0.2) is 0 Å². The number of likely N-dealkylation sites (N-methyl/N-ethyl adjacent to an activating group) is 1. The predicted molar refractivity (Wildman–Crippen MR) is 72.1 cm³/mol. The standard InChI is InChI=1S/C13H16N4O2/c1-2-16(12-5-6-15-9-12)11-3-4-13(17(18)19)10(7-11)8-14/h3-4,7,12,15H,2,5-6,9H2,1H3. The monoisotopic (exact) mass is 260 g/mol. The molecule has 0 amide bonds. The molecule has 1 heterocycles. The second-order valence-electron chi connectivity index (χ2n) is 4.50. The Kier molecular flexibility index (Phi) is 3.97. The number of nitro groups is 1. The molecule has 1 atom stereocenters. The first-order valence-electron chi connectivity index (χ1n) is 6.33. The minimum atomic E-state index is -0.518. The summed E-state index contributed by atoms with van der Waals surface area (Å²) in [6.07, 6.45) is 1.05. The van der Waals surface area contributed by atoms with E-state index in [1.807, 2.05) is 13.0 Å². The fourth-order valence-electron chi connectivity index (χ4n) is 2.51. The van der Waals surface area contributed by atoms with Crippen LogP contribution in [0.15, 0.2) is 18.2 Å². The summed E-state index contributed by atoms with van der Waals surface area (Å²) in [4.78, 5) is 12.5. The van der Waals surface area contributed by atoms with Crippen LogP contribution in [0.1, 0.15) is 18.9 Å². The van der Waals surface area contributed by atoms with E-state index in [2.05, 4.69) is 10.2 Å². The molecule has 6 heteroatoms. The average molecular weight is 260 g/mol. The first kappa shape index (κ1) is 13.3. The summed E-state index contributed by atoms with van der Waals surface area (Å²) in [7, 11) is 0. The molecule has 0 bridgehead atoms. The Balaban J connectivity index is 2.33. The van der Waals surface area contributed by atoms with Gasteiger partial charge in [-0.1, -0.05) is 0 Å². The fourth-order valence-corrected chi connectivity index (χ4v) is 2.51. The molecular weight excluding hydrogens is 244 g/mol. The van der Waals surface area contributed by atoms with Crippen molar-refractivity contribution in [2.75, 3.05) is 24.5 Å². The van der Waals surface area contributed by atoms with Crippen molar-refractivity contribution in [3.05, 3.63) is 33.9 Å². The number of nitrogens with one attached hydrogen (secondary N) is 1. The van der Waals surface area contributed by atoms with Gasteiger partial charge in [-0.15, -0.1) is 0 Å². The Morgan fingerprint density at radius 2 is 2.42 bits per heavy atom. The minimum absolute atomic E-state index is 0.118. The van der Waals surface area contributed by atoms with Gasteiger partial charge < -0.3 is 10.2 Å². The SMILES string of the molecule is CCN(c1ccc([N+](=O)[O-])c(C#N)c1)C1CCNC1. The van der Waals surface area contributed by atoms with Gasteiger partial charge in [0.25, 0.3) is 5.69 Å². The number of nitriles is 1. The van der Waals surface area contributed by atoms with E-state index in [0.717, 1.165) is 31.7 Å². The zero-order valence-corrected chi connectivity index (χ0v) is 10.8. The third kappa shape index (κ3) is 2.66. The lowest BCUT2D eigenvalue weighted by molar-refractivity contribution is -0.385. The van der Waals surface area contributed by atoms with Gasteiger partial charge in [0.2, 0.25) is 0 Å². The van der Waals surface area contributed by atoms with Crippen molar-refractivity contribution >= 4 is 11.4 Å². The van der Waals surface area contributed by atoms with E-state index in [1.165, 1.54) is 6.07 Å². The fraction of sp³-hybridized carbons (Fsp3) is 0.462. The van der Waals surface area contributed by atoms with Gasteiger partial charge in [-0.2, -0.15) is 5.26 Å². The number of nitro benzene ring substituents is 1.